The first kappa shape index (κ1) is 48.4. The predicted octanol–water partition coefficient (Wildman–Crippen LogP) is 17.7. The molecule has 368 valence electrons. The van der Waals surface area contributed by atoms with Crippen LogP contribution < -0.4 is 29.7 Å². The summed E-state index contributed by atoms with van der Waals surface area (Å²) in [4.78, 5) is 4.77. The van der Waals surface area contributed by atoms with Crippen LogP contribution in [0.1, 0.15) is 105 Å². The normalized spacial score (nSPS) is 13.1. The van der Waals surface area contributed by atoms with Crippen LogP contribution in [0.5, 0.6) is 0 Å². The Morgan fingerprint density at radius 3 is 1.01 bits per heavy atom. The van der Waals surface area contributed by atoms with E-state index in [1.807, 2.05) is 0 Å². The highest BCUT2D eigenvalue weighted by Gasteiger charge is 2.36. The highest BCUT2D eigenvalue weighted by Crippen LogP contribution is 2.42. The van der Waals surface area contributed by atoms with Crippen molar-refractivity contribution in [1.82, 2.24) is 9.15 Å². The van der Waals surface area contributed by atoms with Gasteiger partial charge in [-0.1, -0.05) is 156 Å². The number of anilines is 6. The van der Waals surface area contributed by atoms with E-state index >= 15 is 0 Å². The molecule has 11 rings (SSSR count). The number of nitrogens with zero attached hydrogens (tertiary/aromatic N) is 4. The van der Waals surface area contributed by atoms with Crippen LogP contribution in [0.25, 0.3) is 11.1 Å². The van der Waals surface area contributed by atoms with Gasteiger partial charge in [0.15, 0.2) is 0 Å². The molecule has 0 saturated heterocycles. The first-order valence-corrected chi connectivity index (χ1v) is 26.4. The Kier molecular flexibility index (Phi) is 11.8. The van der Waals surface area contributed by atoms with E-state index in [0.29, 0.717) is 0 Å². The van der Waals surface area contributed by atoms with E-state index in [-0.39, 0.29) is 21.7 Å². The van der Waals surface area contributed by atoms with E-state index in [4.69, 9.17) is 0 Å². The quantitative estimate of drug-likeness (QED) is 0.141. The van der Waals surface area contributed by atoms with Crippen molar-refractivity contribution in [2.24, 2.45) is 0 Å². The van der Waals surface area contributed by atoms with Crippen LogP contribution in [0.4, 0.5) is 56.9 Å². The molecule has 0 atom stereocenters. The number of rotatable bonds is 8. The maximum absolute atomic E-state index is 2.49. The van der Waals surface area contributed by atoms with Gasteiger partial charge in [-0.2, -0.15) is 9.15 Å². The van der Waals surface area contributed by atoms with E-state index in [1.165, 1.54) is 65.9 Å². The van der Waals surface area contributed by atoms with E-state index < -0.39 is 0 Å². The third-order valence-electron chi connectivity index (χ3n) is 15.2. The van der Waals surface area contributed by atoms with Gasteiger partial charge in [0.1, 0.15) is 5.22 Å². The first-order valence-electron chi connectivity index (χ1n) is 26.4. The third-order valence-corrected chi connectivity index (χ3v) is 15.2. The summed E-state index contributed by atoms with van der Waals surface area (Å²) in [6.07, 6.45) is 0. The van der Waals surface area contributed by atoms with Gasteiger partial charge in [-0.15, -0.1) is 0 Å². The Bertz CT molecular complexity index is 3690. The van der Waals surface area contributed by atoms with E-state index in [0.717, 1.165) is 45.5 Å². The van der Waals surface area contributed by atoms with Crippen LogP contribution in [0.2, 0.25) is 0 Å². The summed E-state index contributed by atoms with van der Waals surface area (Å²) >= 11 is 0. The summed E-state index contributed by atoms with van der Waals surface area (Å²) in [5.74, 6) is 0. The highest BCUT2D eigenvalue weighted by molar-refractivity contribution is 5.85. The molecule has 0 aromatic heterocycles. The molecule has 9 aromatic rings. The molecule has 0 radical (unpaired) electrons. The van der Waals surface area contributed by atoms with Crippen LogP contribution in [0.3, 0.4) is 0 Å². The van der Waals surface area contributed by atoms with Gasteiger partial charge in [-0.05, 0) is 135 Å². The highest BCUT2D eigenvalue weighted by atomic mass is 15.2. The van der Waals surface area contributed by atoms with Crippen LogP contribution in [-0.2, 0) is 21.7 Å². The molecule has 2 aliphatic rings. The van der Waals surface area contributed by atoms with Gasteiger partial charge in [-0.25, -0.2) is 0 Å². The van der Waals surface area contributed by atoms with Crippen LogP contribution >= 0.6 is 0 Å². The summed E-state index contributed by atoms with van der Waals surface area (Å²) in [5, 5.41) is 4.84. The Labute approximate surface area is 439 Å². The van der Waals surface area contributed by atoms with Gasteiger partial charge >= 0.3 is 0 Å². The summed E-state index contributed by atoms with van der Waals surface area (Å²) in [6, 6.07) is 77.2. The minimum absolute atomic E-state index is 0.0610. The SMILES string of the molecule is CC(C)(C)c1ccc(N(c2ccc([N+]3=c4ccccc4=c4c3ccc3c4=[N+](c4ccc(N(c5ccc(C(C)(C)C)cc5)c5ccc(C(C)(C)C)cc5)cc4)c4ccccc4-3)cc2)c2ccc(C(C)(C)C)cc2)cc1. The van der Waals surface area contributed by atoms with Crippen molar-refractivity contribution >= 4 is 56.9 Å². The predicted molar refractivity (Wildman–Crippen MR) is 313 cm³/mol. The molecule has 2 heterocycles. The topological polar surface area (TPSA) is 12.5 Å². The average molecular weight is 967 g/mol. The second-order valence-corrected chi connectivity index (χ2v) is 24.5. The molecule has 0 amide bonds. The lowest BCUT2D eigenvalue weighted by molar-refractivity contribution is 0.590. The summed E-state index contributed by atoms with van der Waals surface area (Å²) in [7, 11) is 0. The van der Waals surface area contributed by atoms with Crippen LogP contribution in [0.15, 0.2) is 206 Å². The van der Waals surface area contributed by atoms with Gasteiger partial charge in [0.05, 0.1) is 16.3 Å². The van der Waals surface area contributed by atoms with Crippen molar-refractivity contribution in [1.29, 1.82) is 0 Å². The van der Waals surface area contributed by atoms with Crippen molar-refractivity contribution in [3.05, 3.63) is 250 Å². The zero-order valence-corrected chi connectivity index (χ0v) is 45.4. The largest absolute Gasteiger partial charge is 0.310 e. The molecule has 74 heavy (non-hydrogen) atoms. The molecule has 4 nitrogen and oxygen atoms in total. The minimum Gasteiger partial charge on any atom is -0.310 e. The van der Waals surface area contributed by atoms with E-state index in [2.05, 4.69) is 308 Å². The van der Waals surface area contributed by atoms with Crippen molar-refractivity contribution in [2.75, 3.05) is 9.80 Å². The summed E-state index contributed by atoms with van der Waals surface area (Å²) < 4.78 is 4.94. The van der Waals surface area contributed by atoms with Gasteiger partial charge in [0.25, 0.3) is 0 Å². The lowest BCUT2D eigenvalue weighted by atomic mass is 9.86. The molecular formula is C70H70N4+2. The molecule has 2 aliphatic heterocycles. The summed E-state index contributed by atoms with van der Waals surface area (Å²) in [5.41, 5.74) is 19.3. The molecule has 9 aromatic carbocycles. The fourth-order valence-corrected chi connectivity index (χ4v) is 10.9. The zero-order valence-electron chi connectivity index (χ0n) is 45.4. The van der Waals surface area contributed by atoms with Gasteiger partial charge < -0.3 is 9.80 Å². The maximum atomic E-state index is 2.49. The van der Waals surface area contributed by atoms with Crippen molar-refractivity contribution in [3.8, 4) is 11.1 Å². The maximum Gasteiger partial charge on any atom is 0.234 e. The fourth-order valence-electron chi connectivity index (χ4n) is 10.9. The van der Waals surface area contributed by atoms with Gasteiger partial charge in [0.2, 0.25) is 33.5 Å². The monoisotopic (exact) mass is 967 g/mol. The van der Waals surface area contributed by atoms with Crippen molar-refractivity contribution < 1.29 is 0 Å². The number of benzene rings is 9. The lowest BCUT2D eigenvalue weighted by Gasteiger charge is -2.28. The minimum atomic E-state index is 0.0610. The molecule has 0 N–H and O–H groups in total. The van der Waals surface area contributed by atoms with Crippen molar-refractivity contribution in [3.63, 3.8) is 0 Å². The van der Waals surface area contributed by atoms with Gasteiger partial charge in [-0.3, -0.25) is 0 Å². The molecule has 0 bridgehead atoms. The van der Waals surface area contributed by atoms with Gasteiger partial charge in [0, 0.05) is 76.6 Å². The molecule has 0 spiro atoms. The zero-order chi connectivity index (χ0) is 51.9. The number of fused-ring (bicyclic) bond motifs is 6. The molecule has 4 heteroatoms. The molecule has 0 aliphatic carbocycles. The Morgan fingerprint density at radius 2 is 0.622 bits per heavy atom. The van der Waals surface area contributed by atoms with E-state index in [9.17, 15) is 0 Å². The molecular weight excluding hydrogens is 897 g/mol. The second kappa shape index (κ2) is 18.0. The smallest absolute Gasteiger partial charge is 0.234 e. The standard InChI is InChI=1S/C70H70N4/c1-67(2,3)47-21-29-51(30-22-47)71(52-31-23-48(24-32-52)68(4,5)6)55-37-41-57(42-38-55)73-63-20-16-14-18-61(63)65-64(73)46-45-60-59-17-13-15-19-62(59)74(66(60)65)58-43-39-56(40-44-58)72(53-33-25-49(26-34-53)69(7,8)9)54-35-27-50(28-36-54)70(10,11)12/h13-46H,1-12H3/q+2. The molecule has 0 fully saturated rings. The lowest BCUT2D eigenvalue weighted by Crippen LogP contribution is -2.21. The second-order valence-electron chi connectivity index (χ2n) is 24.5. The summed E-state index contributed by atoms with van der Waals surface area (Å²) in [6.45, 7) is 27.3. The number of hydrogen-bond donors (Lipinski definition) is 0. The van der Waals surface area contributed by atoms with E-state index in [1.54, 1.807) is 0 Å². The van der Waals surface area contributed by atoms with Crippen LogP contribution in [0, 0.1) is 10.4 Å². The average Bonchev–Trinajstić information content (AvgIpc) is 3.90. The number of hydrogen-bond acceptors (Lipinski definition) is 2. The fraction of sp³-hybridized carbons (Fsp3) is 0.229. The molecule has 0 unspecified atom stereocenters. The third kappa shape index (κ3) is 8.74. The Balaban J connectivity index is 1.03. The van der Waals surface area contributed by atoms with Crippen LogP contribution in [-0.4, -0.2) is 0 Å². The number of para-hydroxylation sites is 2. The molecule has 0 saturated carbocycles. The van der Waals surface area contributed by atoms with Crippen molar-refractivity contribution in [2.45, 2.75) is 105 Å². The first-order chi connectivity index (χ1) is 35.2. The Morgan fingerprint density at radius 1 is 0.284 bits per heavy atom. The Hall–Kier alpha value is -7.82.